The zero-order valence-electron chi connectivity index (χ0n) is 31.7. The normalized spacial score (nSPS) is 20.3. The first-order chi connectivity index (χ1) is 26.1. The number of carbonyl (C=O) groups is 3. The molecule has 1 fully saturated rings. The number of carbonyl (C=O) groups excluding carboxylic acids is 2. The van der Waals surface area contributed by atoms with Gasteiger partial charge in [-0.05, 0) is 36.6 Å². The number of ketones is 1. The first-order valence-electron chi connectivity index (χ1n) is 18.5. The Bertz CT molecular complexity index is 1730. The summed E-state index contributed by atoms with van der Waals surface area (Å²) >= 11 is 0. The number of carboxylic acid groups (broad SMARTS) is 1. The first kappa shape index (κ1) is 40.5. The van der Waals surface area contributed by atoms with E-state index in [2.05, 4.69) is 0 Å². The molecule has 2 N–H and O–H groups in total. The number of nitrogens with zero attached hydrogens (tertiary/aromatic N) is 2. The van der Waals surface area contributed by atoms with E-state index in [1.807, 2.05) is 13.8 Å². The number of ether oxygens (including phenoxy) is 6. The number of aliphatic carboxylic acids is 1. The molecule has 5 atom stereocenters. The molecule has 2 heterocycles. The van der Waals surface area contributed by atoms with Gasteiger partial charge in [-0.3, -0.25) is 19.3 Å². The molecule has 5 rings (SSSR count). The van der Waals surface area contributed by atoms with Crippen molar-refractivity contribution in [3.63, 3.8) is 0 Å². The maximum atomic E-state index is 14.6. The van der Waals surface area contributed by atoms with Crippen LogP contribution in [-0.2, 0) is 19.1 Å². The fraction of sp³-hybridized carbons (Fsp3) is 0.488. The first-order valence-corrected chi connectivity index (χ1v) is 18.5. The van der Waals surface area contributed by atoms with Crippen LogP contribution >= 0.6 is 0 Å². The second-order valence-electron chi connectivity index (χ2n) is 13.5. The number of carboxylic acids is 1. The molecular formula is C41H52N2O11. The second-order valence-corrected chi connectivity index (χ2v) is 13.5. The number of amides is 1. The van der Waals surface area contributed by atoms with Crippen molar-refractivity contribution in [2.45, 2.75) is 63.3 Å². The molecule has 2 aliphatic heterocycles. The van der Waals surface area contributed by atoms with Gasteiger partial charge in [-0.15, -0.1) is 0 Å². The number of unbranched alkanes of at least 4 members (excludes halogenated alkanes) is 2. The molecule has 0 spiro atoms. The van der Waals surface area contributed by atoms with Gasteiger partial charge in [0.15, 0.2) is 11.5 Å². The monoisotopic (exact) mass is 748 g/mol. The fourth-order valence-corrected chi connectivity index (χ4v) is 7.52. The Hall–Kier alpha value is -4.69. The fourth-order valence-electron chi connectivity index (χ4n) is 7.52. The van der Waals surface area contributed by atoms with E-state index in [1.165, 1.54) is 14.2 Å². The quantitative estimate of drug-likeness (QED) is 0.0876. The molecule has 1 amide bonds. The summed E-state index contributed by atoms with van der Waals surface area (Å²) in [6, 6.07) is 15.7. The van der Waals surface area contributed by atoms with Gasteiger partial charge in [0.05, 0.1) is 38.3 Å². The van der Waals surface area contributed by atoms with Crippen molar-refractivity contribution in [1.82, 2.24) is 9.80 Å². The van der Waals surface area contributed by atoms with Gasteiger partial charge in [-0.2, -0.15) is 0 Å². The number of methoxy groups -OCH3 is 3. The van der Waals surface area contributed by atoms with Gasteiger partial charge >= 0.3 is 5.97 Å². The topological polar surface area (TPSA) is 154 Å². The molecule has 0 saturated carbocycles. The zero-order chi connectivity index (χ0) is 38.8. The van der Waals surface area contributed by atoms with E-state index in [-0.39, 0.29) is 38.0 Å². The van der Waals surface area contributed by atoms with Crippen molar-refractivity contribution in [3.8, 4) is 23.0 Å². The van der Waals surface area contributed by atoms with Crippen LogP contribution in [0.4, 0.5) is 0 Å². The van der Waals surface area contributed by atoms with Crippen LogP contribution in [0.15, 0.2) is 66.7 Å². The smallest absolute Gasteiger partial charge is 0.309 e. The number of fused-ring (bicyclic) bond motifs is 1. The van der Waals surface area contributed by atoms with Crippen LogP contribution in [0.1, 0.15) is 73.0 Å². The molecule has 0 bridgehead atoms. The van der Waals surface area contributed by atoms with Crippen LogP contribution in [-0.4, -0.2) is 110 Å². The maximum Gasteiger partial charge on any atom is 0.309 e. The van der Waals surface area contributed by atoms with Crippen molar-refractivity contribution in [3.05, 3.63) is 83.4 Å². The molecule has 1 saturated heterocycles. The average molecular weight is 749 g/mol. The van der Waals surface area contributed by atoms with Crippen LogP contribution in [0.25, 0.3) is 0 Å². The summed E-state index contributed by atoms with van der Waals surface area (Å²) in [6.07, 6.45) is 3.26. The van der Waals surface area contributed by atoms with Crippen LogP contribution in [0.5, 0.6) is 23.0 Å². The van der Waals surface area contributed by atoms with Crippen LogP contribution in [0, 0.1) is 5.92 Å². The van der Waals surface area contributed by atoms with E-state index in [0.29, 0.717) is 47.2 Å². The summed E-state index contributed by atoms with van der Waals surface area (Å²) in [7, 11) is 4.26. The van der Waals surface area contributed by atoms with Crippen molar-refractivity contribution in [1.29, 1.82) is 0 Å². The Morgan fingerprint density at radius 3 is 2.24 bits per heavy atom. The van der Waals surface area contributed by atoms with E-state index in [1.54, 1.807) is 83.6 Å². The van der Waals surface area contributed by atoms with E-state index in [0.717, 1.165) is 25.7 Å². The van der Waals surface area contributed by atoms with E-state index in [9.17, 15) is 24.6 Å². The molecular weight excluding hydrogens is 696 g/mol. The van der Waals surface area contributed by atoms with Crippen molar-refractivity contribution >= 4 is 17.7 Å². The minimum atomic E-state index is -2.65. The predicted molar refractivity (Wildman–Crippen MR) is 199 cm³/mol. The Balaban J connectivity index is 1.79. The Kier molecular flexibility index (Phi) is 13.9. The van der Waals surface area contributed by atoms with Gasteiger partial charge < -0.3 is 43.5 Å². The standard InChI is InChI=1S/C41H52N2O11/c1-6-8-19-42(20-9-7-2)34(44)25-43-37(30-17-16-29(50-4)24-32(30)52-22-21-49-3)36(40(46)47)35(28-15-18-31-33(23-28)54-26-53-31)38(43)41(48,51-5)39(45)27-13-11-10-12-14-27/h10-18,23-24,35-38,48H,6-9,19-22,25-26H2,1-5H3,(H,46,47)/t35?,36-,37+,38?,41?/m0/s1. The van der Waals surface area contributed by atoms with Gasteiger partial charge in [-0.1, -0.05) is 69.2 Å². The molecule has 3 aromatic rings. The number of likely N-dealkylation sites (tertiary alicyclic amines) is 1. The lowest BCUT2D eigenvalue weighted by Gasteiger charge is -2.41. The highest BCUT2D eigenvalue weighted by atomic mass is 16.7. The van der Waals surface area contributed by atoms with Gasteiger partial charge in [0, 0.05) is 50.4 Å². The molecule has 3 unspecified atom stereocenters. The Morgan fingerprint density at radius 2 is 1.61 bits per heavy atom. The van der Waals surface area contributed by atoms with Crippen LogP contribution in [0.2, 0.25) is 0 Å². The number of rotatable bonds is 20. The minimum absolute atomic E-state index is 0.0215. The summed E-state index contributed by atoms with van der Waals surface area (Å²) in [5.74, 6) is -5.81. The predicted octanol–water partition coefficient (Wildman–Crippen LogP) is 5.31. The second kappa shape index (κ2) is 18.6. The van der Waals surface area contributed by atoms with Gasteiger partial charge in [0.2, 0.25) is 24.3 Å². The molecule has 0 aliphatic carbocycles. The SMILES string of the molecule is CCCCN(CCCC)C(=O)CN1C(C(O)(OC)C(=O)c2ccccc2)C(c2ccc3c(c2)OCO3)[C@H](C(=O)O)[C@H]1c1ccc(OC)cc1OCCOC. The molecule has 54 heavy (non-hydrogen) atoms. The van der Waals surface area contributed by atoms with E-state index >= 15 is 0 Å². The highest BCUT2D eigenvalue weighted by molar-refractivity contribution is 6.02. The third-order valence-corrected chi connectivity index (χ3v) is 10.2. The molecule has 0 aromatic heterocycles. The molecule has 3 aromatic carbocycles. The van der Waals surface area contributed by atoms with Crippen LogP contribution in [0.3, 0.4) is 0 Å². The number of Topliss-reactive ketones (excluding diaryl/α,β-unsaturated/α-hetero) is 1. The van der Waals surface area contributed by atoms with Crippen LogP contribution < -0.4 is 18.9 Å². The van der Waals surface area contributed by atoms with Gasteiger partial charge in [-0.25, -0.2) is 0 Å². The summed E-state index contributed by atoms with van der Waals surface area (Å²) in [4.78, 5) is 46.5. The van der Waals surface area contributed by atoms with Crippen molar-refractivity contribution < 1.29 is 53.0 Å². The summed E-state index contributed by atoms with van der Waals surface area (Å²) in [6.45, 7) is 5.10. The van der Waals surface area contributed by atoms with E-state index < -0.39 is 41.5 Å². The number of aliphatic hydroxyl groups is 1. The largest absolute Gasteiger partial charge is 0.497 e. The summed E-state index contributed by atoms with van der Waals surface area (Å²) in [5, 5.41) is 24.1. The number of benzene rings is 3. The molecule has 0 radical (unpaired) electrons. The minimum Gasteiger partial charge on any atom is -0.497 e. The Labute approximate surface area is 316 Å². The Morgan fingerprint density at radius 1 is 0.907 bits per heavy atom. The van der Waals surface area contributed by atoms with E-state index in [4.69, 9.17) is 28.4 Å². The molecule has 13 heteroatoms. The third kappa shape index (κ3) is 8.49. The lowest BCUT2D eigenvalue weighted by atomic mass is 9.76. The van der Waals surface area contributed by atoms with Crippen molar-refractivity contribution in [2.75, 3.05) is 61.0 Å². The van der Waals surface area contributed by atoms with Crippen molar-refractivity contribution in [2.24, 2.45) is 5.92 Å². The summed E-state index contributed by atoms with van der Waals surface area (Å²) in [5.41, 5.74) is 1.00. The number of hydrogen-bond donors (Lipinski definition) is 2. The van der Waals surface area contributed by atoms with Gasteiger partial charge in [0.1, 0.15) is 18.1 Å². The zero-order valence-corrected chi connectivity index (χ0v) is 31.7. The lowest BCUT2D eigenvalue weighted by Crippen LogP contribution is -2.60. The average Bonchev–Trinajstić information content (AvgIpc) is 3.80. The molecule has 292 valence electrons. The molecule has 2 aliphatic rings. The third-order valence-electron chi connectivity index (χ3n) is 10.2. The maximum absolute atomic E-state index is 14.6. The lowest BCUT2D eigenvalue weighted by molar-refractivity contribution is -0.189. The molecule has 13 nitrogen and oxygen atoms in total. The number of hydrogen-bond acceptors (Lipinski definition) is 11. The highest BCUT2D eigenvalue weighted by Gasteiger charge is 2.63. The highest BCUT2D eigenvalue weighted by Crippen LogP contribution is 2.56. The van der Waals surface area contributed by atoms with Gasteiger partial charge in [0.25, 0.3) is 0 Å². The summed E-state index contributed by atoms with van der Waals surface area (Å²) < 4.78 is 34.1.